The van der Waals surface area contributed by atoms with Gasteiger partial charge >= 0.3 is 12.1 Å². The highest BCUT2D eigenvalue weighted by Crippen LogP contribution is 2.17. The summed E-state index contributed by atoms with van der Waals surface area (Å²) in [7, 11) is 1.16. The van der Waals surface area contributed by atoms with Crippen LogP contribution in [0.3, 0.4) is 0 Å². The minimum atomic E-state index is -0.960. The molecule has 8 nitrogen and oxygen atoms in total. The predicted molar refractivity (Wildman–Crippen MR) is 116 cm³/mol. The Morgan fingerprint density at radius 1 is 0.969 bits per heavy atom. The van der Waals surface area contributed by atoms with Crippen LogP contribution in [-0.2, 0) is 32.2 Å². The van der Waals surface area contributed by atoms with Crippen LogP contribution in [0.15, 0.2) is 102 Å². The Morgan fingerprint density at radius 3 is 2.19 bits per heavy atom. The number of hydrogen-bond donors (Lipinski definition) is 1. The number of amides is 1. The number of ether oxygens (including phenoxy) is 3. The minimum absolute atomic E-state index is 0.00504. The predicted octanol–water partition coefficient (Wildman–Crippen LogP) is 4.14. The van der Waals surface area contributed by atoms with Crippen molar-refractivity contribution < 1.29 is 29.0 Å². The summed E-state index contributed by atoms with van der Waals surface area (Å²) >= 11 is 0. The van der Waals surface area contributed by atoms with E-state index in [1.165, 1.54) is 18.4 Å². The van der Waals surface area contributed by atoms with E-state index in [2.05, 4.69) is 9.73 Å². The molecular formula is C24H22N2O6. The quantitative estimate of drug-likeness (QED) is 0.517. The van der Waals surface area contributed by atoms with E-state index in [4.69, 9.17) is 9.47 Å². The molecule has 0 radical (unpaired) electrons. The molecule has 32 heavy (non-hydrogen) atoms. The number of rotatable bonds is 7. The van der Waals surface area contributed by atoms with Crippen molar-refractivity contribution in [1.82, 2.24) is 5.06 Å². The normalized spacial score (nSPS) is 14.7. The third kappa shape index (κ3) is 6.68. The summed E-state index contributed by atoms with van der Waals surface area (Å²) in [5.41, 5.74) is 1.60. The van der Waals surface area contributed by atoms with Gasteiger partial charge in [-0.15, -0.1) is 0 Å². The van der Waals surface area contributed by atoms with Crippen LogP contribution in [0.2, 0.25) is 0 Å². The van der Waals surface area contributed by atoms with Crippen LogP contribution in [-0.4, -0.2) is 35.2 Å². The number of hydrogen-bond acceptors (Lipinski definition) is 7. The van der Waals surface area contributed by atoms with Gasteiger partial charge in [0.2, 0.25) is 0 Å². The number of esters is 1. The minimum Gasteiger partial charge on any atom is -0.487 e. The summed E-state index contributed by atoms with van der Waals surface area (Å²) in [6, 6.07) is 18.6. The van der Waals surface area contributed by atoms with Crippen molar-refractivity contribution in [2.45, 2.75) is 13.2 Å². The van der Waals surface area contributed by atoms with Gasteiger partial charge in [0.25, 0.3) is 0 Å². The first-order valence-electron chi connectivity index (χ1n) is 9.69. The zero-order valence-electron chi connectivity index (χ0n) is 17.4. The summed E-state index contributed by atoms with van der Waals surface area (Å²) < 4.78 is 15.4. The molecule has 8 heteroatoms. The molecule has 0 spiro atoms. The first-order valence-corrected chi connectivity index (χ1v) is 9.69. The SMILES string of the molecule is COC(=O)C(/C=C1\C=CC(OCc2ccccc2)=CN1O)=N\C(=O)OCc1ccccc1. The topological polar surface area (TPSA) is 97.7 Å². The van der Waals surface area contributed by atoms with E-state index in [1.54, 1.807) is 18.2 Å². The lowest BCUT2D eigenvalue weighted by molar-refractivity contribution is -0.132. The molecular weight excluding hydrogens is 412 g/mol. The second-order valence-electron chi connectivity index (χ2n) is 6.58. The summed E-state index contributed by atoms with van der Waals surface area (Å²) in [5, 5.41) is 11.0. The van der Waals surface area contributed by atoms with Gasteiger partial charge in [0.15, 0.2) is 5.71 Å². The molecule has 164 valence electrons. The maximum absolute atomic E-state index is 12.1. The monoisotopic (exact) mass is 434 g/mol. The highest BCUT2D eigenvalue weighted by atomic mass is 16.5. The summed E-state index contributed by atoms with van der Waals surface area (Å²) in [5.74, 6) is -0.446. The van der Waals surface area contributed by atoms with E-state index in [-0.39, 0.29) is 18.0 Å². The number of benzene rings is 2. The molecule has 1 heterocycles. The van der Waals surface area contributed by atoms with Crippen molar-refractivity contribution >= 4 is 17.8 Å². The molecule has 1 aliphatic heterocycles. The highest BCUT2D eigenvalue weighted by Gasteiger charge is 2.17. The average molecular weight is 434 g/mol. The lowest BCUT2D eigenvalue weighted by Crippen LogP contribution is -2.20. The third-order valence-electron chi connectivity index (χ3n) is 4.28. The van der Waals surface area contributed by atoms with Crippen molar-refractivity contribution in [1.29, 1.82) is 0 Å². The molecule has 0 saturated carbocycles. The van der Waals surface area contributed by atoms with Gasteiger partial charge in [-0.3, -0.25) is 5.21 Å². The van der Waals surface area contributed by atoms with Gasteiger partial charge in [0, 0.05) is 0 Å². The van der Waals surface area contributed by atoms with Crippen molar-refractivity contribution in [3.8, 4) is 0 Å². The second kappa shape index (κ2) is 11.3. The fraction of sp³-hybridized carbons (Fsp3) is 0.125. The molecule has 0 aliphatic carbocycles. The Morgan fingerprint density at radius 2 is 1.59 bits per heavy atom. The molecule has 0 bridgehead atoms. The summed E-state index contributed by atoms with van der Waals surface area (Å²) in [4.78, 5) is 27.8. The van der Waals surface area contributed by atoms with E-state index in [9.17, 15) is 14.8 Å². The Hall–Kier alpha value is -4.17. The zero-order chi connectivity index (χ0) is 22.8. The van der Waals surface area contributed by atoms with Crippen LogP contribution in [0, 0.1) is 0 Å². The molecule has 0 atom stereocenters. The number of carbonyl (C=O) groups excluding carboxylic acids is 2. The zero-order valence-corrected chi connectivity index (χ0v) is 17.4. The molecule has 0 unspecified atom stereocenters. The second-order valence-corrected chi connectivity index (χ2v) is 6.58. The van der Waals surface area contributed by atoms with Crippen LogP contribution in [0.5, 0.6) is 0 Å². The number of carbonyl (C=O) groups is 2. The Labute approximate surface area is 185 Å². The number of aliphatic imine (C=N–C) groups is 1. The number of allylic oxidation sites excluding steroid dienone is 2. The van der Waals surface area contributed by atoms with Gasteiger partial charge in [0.05, 0.1) is 19.0 Å². The van der Waals surface area contributed by atoms with Gasteiger partial charge in [-0.25, -0.2) is 14.7 Å². The van der Waals surface area contributed by atoms with E-state index in [1.807, 2.05) is 48.5 Å². The number of nitrogens with zero attached hydrogens (tertiary/aromatic N) is 2. The fourth-order valence-electron chi connectivity index (χ4n) is 2.65. The molecule has 3 rings (SSSR count). The molecule has 0 aromatic heterocycles. The summed E-state index contributed by atoms with van der Waals surface area (Å²) in [6.45, 7) is 0.330. The maximum atomic E-state index is 12.1. The largest absolute Gasteiger partial charge is 0.487 e. The van der Waals surface area contributed by atoms with Crippen molar-refractivity contribution in [2.24, 2.45) is 4.99 Å². The third-order valence-corrected chi connectivity index (χ3v) is 4.28. The Balaban J connectivity index is 1.66. The van der Waals surface area contributed by atoms with E-state index in [0.717, 1.165) is 23.3 Å². The van der Waals surface area contributed by atoms with Crippen LogP contribution >= 0.6 is 0 Å². The highest BCUT2D eigenvalue weighted by molar-refractivity contribution is 6.42. The van der Waals surface area contributed by atoms with Crippen LogP contribution in [0.1, 0.15) is 11.1 Å². The Kier molecular flexibility index (Phi) is 7.94. The lowest BCUT2D eigenvalue weighted by Gasteiger charge is -2.19. The summed E-state index contributed by atoms with van der Waals surface area (Å²) in [6.07, 6.45) is 4.70. The van der Waals surface area contributed by atoms with Crippen LogP contribution < -0.4 is 0 Å². The number of methoxy groups -OCH3 is 1. The van der Waals surface area contributed by atoms with Crippen molar-refractivity contribution in [3.63, 3.8) is 0 Å². The van der Waals surface area contributed by atoms with Gasteiger partial charge in [-0.2, -0.15) is 4.99 Å². The van der Waals surface area contributed by atoms with Crippen LogP contribution in [0.4, 0.5) is 4.79 Å². The number of hydroxylamine groups is 2. The molecule has 1 aliphatic rings. The molecule has 1 amide bonds. The van der Waals surface area contributed by atoms with Gasteiger partial charge < -0.3 is 14.2 Å². The van der Waals surface area contributed by atoms with Gasteiger partial charge in [-0.05, 0) is 29.4 Å². The van der Waals surface area contributed by atoms with Gasteiger partial charge in [-0.1, -0.05) is 60.7 Å². The fourth-order valence-corrected chi connectivity index (χ4v) is 2.65. The van der Waals surface area contributed by atoms with E-state index >= 15 is 0 Å². The first kappa shape index (κ1) is 22.5. The van der Waals surface area contributed by atoms with Crippen molar-refractivity contribution in [2.75, 3.05) is 7.11 Å². The molecule has 1 N–H and O–H groups in total. The smallest absolute Gasteiger partial charge is 0.434 e. The van der Waals surface area contributed by atoms with E-state index in [0.29, 0.717) is 12.4 Å². The standard InChI is InChI=1S/C24H22N2O6/c1-30-23(27)22(25-24(28)32-17-19-10-6-3-7-11-19)14-20-12-13-21(15-26(20)29)31-16-18-8-4-2-5-9-18/h2-15,29H,16-17H2,1H3/b20-14+,25-22-. The maximum Gasteiger partial charge on any atom is 0.434 e. The molecule has 2 aromatic carbocycles. The van der Waals surface area contributed by atoms with Crippen molar-refractivity contribution in [3.05, 3.63) is 108 Å². The van der Waals surface area contributed by atoms with Gasteiger partial charge in [0.1, 0.15) is 19.0 Å². The lowest BCUT2D eigenvalue weighted by atomic mass is 10.2. The molecule has 0 fully saturated rings. The molecule has 2 aromatic rings. The average Bonchev–Trinajstić information content (AvgIpc) is 2.83. The first-order chi connectivity index (χ1) is 15.5. The Bertz CT molecular complexity index is 1060. The molecule has 0 saturated heterocycles. The van der Waals surface area contributed by atoms with E-state index < -0.39 is 12.1 Å². The van der Waals surface area contributed by atoms with Crippen LogP contribution in [0.25, 0.3) is 0 Å².